The van der Waals surface area contributed by atoms with Gasteiger partial charge in [-0.25, -0.2) is 0 Å². The zero-order chi connectivity index (χ0) is 15.8. The highest BCUT2D eigenvalue weighted by molar-refractivity contribution is 5.99. The number of nitrogens with zero attached hydrogens (tertiary/aromatic N) is 1. The van der Waals surface area contributed by atoms with E-state index in [0.29, 0.717) is 13.0 Å². The molecule has 0 spiro atoms. The number of ketones is 1. The number of carbonyl (C=O) groups is 1. The van der Waals surface area contributed by atoms with Gasteiger partial charge in [0.1, 0.15) is 5.75 Å². The fraction of sp³-hybridized carbons (Fsp3) is 0.632. The van der Waals surface area contributed by atoms with Crippen molar-refractivity contribution in [3.63, 3.8) is 0 Å². The first kappa shape index (κ1) is 17.0. The first-order chi connectivity index (χ1) is 10.7. The maximum atomic E-state index is 12.6. The predicted molar refractivity (Wildman–Crippen MR) is 90.8 cm³/mol. The van der Waals surface area contributed by atoms with Crippen LogP contribution in [0.5, 0.6) is 5.75 Å². The molecule has 0 N–H and O–H groups in total. The molecule has 0 radical (unpaired) electrons. The highest BCUT2D eigenvalue weighted by Gasteiger charge is 2.16. The molecule has 0 atom stereocenters. The average molecular weight is 303 g/mol. The lowest BCUT2D eigenvalue weighted by molar-refractivity contribution is 0.0954. The molecule has 122 valence electrons. The summed E-state index contributed by atoms with van der Waals surface area (Å²) in [5.74, 6) is 0.962. The molecule has 0 saturated carbocycles. The molecule has 0 amide bonds. The fourth-order valence-corrected chi connectivity index (χ4v) is 2.89. The summed E-state index contributed by atoms with van der Waals surface area (Å²) in [6, 6.07) is 5.93. The van der Waals surface area contributed by atoms with Crippen molar-refractivity contribution in [2.24, 2.45) is 0 Å². The Bertz CT molecular complexity index is 478. The van der Waals surface area contributed by atoms with E-state index in [2.05, 4.69) is 11.8 Å². The van der Waals surface area contributed by atoms with Gasteiger partial charge in [-0.15, -0.1) is 0 Å². The molecule has 1 aromatic rings. The summed E-state index contributed by atoms with van der Waals surface area (Å²) in [5.41, 5.74) is 1.87. The van der Waals surface area contributed by atoms with E-state index in [-0.39, 0.29) is 5.78 Å². The van der Waals surface area contributed by atoms with Gasteiger partial charge in [-0.1, -0.05) is 31.4 Å². The van der Waals surface area contributed by atoms with Crippen LogP contribution in [0.3, 0.4) is 0 Å². The van der Waals surface area contributed by atoms with Crippen molar-refractivity contribution < 1.29 is 9.53 Å². The zero-order valence-electron chi connectivity index (χ0n) is 14.1. The second kappa shape index (κ2) is 8.94. The Morgan fingerprint density at radius 3 is 2.73 bits per heavy atom. The Morgan fingerprint density at radius 2 is 2.00 bits per heavy atom. The zero-order valence-corrected chi connectivity index (χ0v) is 14.1. The summed E-state index contributed by atoms with van der Waals surface area (Å²) in [7, 11) is 0. The van der Waals surface area contributed by atoms with Gasteiger partial charge in [0.05, 0.1) is 12.2 Å². The smallest absolute Gasteiger partial charge is 0.167 e. The third-order valence-corrected chi connectivity index (χ3v) is 4.29. The van der Waals surface area contributed by atoms with Crippen LogP contribution < -0.4 is 4.74 Å². The van der Waals surface area contributed by atoms with E-state index in [1.54, 1.807) is 0 Å². The van der Waals surface area contributed by atoms with E-state index in [9.17, 15) is 4.79 Å². The Hall–Kier alpha value is -1.35. The van der Waals surface area contributed by atoms with Gasteiger partial charge in [-0.3, -0.25) is 4.79 Å². The van der Waals surface area contributed by atoms with Crippen LogP contribution >= 0.6 is 0 Å². The summed E-state index contributed by atoms with van der Waals surface area (Å²) in [6.45, 7) is 8.01. The standard InChI is InChI=1S/C19H29NO2/c1-3-4-14-22-19-9-8-16(2)15-17(19)18(21)10-13-20-11-6-5-7-12-20/h8-9,15H,3-7,10-14H2,1-2H3. The molecule has 1 aliphatic rings. The van der Waals surface area contributed by atoms with Crippen molar-refractivity contribution in [3.8, 4) is 5.75 Å². The molecular weight excluding hydrogens is 274 g/mol. The summed E-state index contributed by atoms with van der Waals surface area (Å²) >= 11 is 0. The third-order valence-electron chi connectivity index (χ3n) is 4.29. The van der Waals surface area contributed by atoms with Gasteiger partial charge in [0.15, 0.2) is 5.78 Å². The molecule has 0 bridgehead atoms. The molecular formula is C19H29NO2. The number of piperidine rings is 1. The fourth-order valence-electron chi connectivity index (χ4n) is 2.89. The molecule has 3 nitrogen and oxygen atoms in total. The largest absolute Gasteiger partial charge is 0.493 e. The molecule has 0 unspecified atom stereocenters. The van der Waals surface area contributed by atoms with Crippen LogP contribution in [0.2, 0.25) is 0 Å². The number of Topliss-reactive ketones (excluding diaryl/α,β-unsaturated/α-hetero) is 1. The highest BCUT2D eigenvalue weighted by atomic mass is 16.5. The molecule has 2 rings (SSSR count). The second-order valence-electron chi connectivity index (χ2n) is 6.28. The molecule has 1 aromatic carbocycles. The van der Waals surface area contributed by atoms with Crippen molar-refractivity contribution in [2.75, 3.05) is 26.2 Å². The van der Waals surface area contributed by atoms with Crippen LogP contribution in [0.4, 0.5) is 0 Å². The van der Waals surface area contributed by atoms with Gasteiger partial charge in [-0.2, -0.15) is 0 Å². The van der Waals surface area contributed by atoms with Crippen molar-refractivity contribution in [2.45, 2.75) is 52.4 Å². The number of likely N-dealkylation sites (tertiary alicyclic amines) is 1. The normalized spacial score (nSPS) is 15.7. The number of unbranched alkanes of at least 4 members (excludes halogenated alkanes) is 1. The van der Waals surface area contributed by atoms with Crippen LogP contribution in [-0.4, -0.2) is 36.9 Å². The summed E-state index contributed by atoms with van der Waals surface area (Å²) < 4.78 is 5.81. The first-order valence-electron chi connectivity index (χ1n) is 8.69. The molecule has 22 heavy (non-hydrogen) atoms. The van der Waals surface area contributed by atoms with E-state index in [1.165, 1.54) is 19.3 Å². The van der Waals surface area contributed by atoms with Gasteiger partial charge >= 0.3 is 0 Å². The molecule has 0 aliphatic carbocycles. The summed E-state index contributed by atoms with van der Waals surface area (Å²) in [4.78, 5) is 15.0. The second-order valence-corrected chi connectivity index (χ2v) is 6.28. The lowest BCUT2D eigenvalue weighted by atomic mass is 10.0. The van der Waals surface area contributed by atoms with Crippen molar-refractivity contribution >= 4 is 5.78 Å². The Labute approximate surface area is 134 Å². The highest BCUT2D eigenvalue weighted by Crippen LogP contribution is 2.22. The Kier molecular flexibility index (Phi) is 6.91. The van der Waals surface area contributed by atoms with Crippen molar-refractivity contribution in [3.05, 3.63) is 29.3 Å². The molecule has 1 fully saturated rings. The Morgan fingerprint density at radius 1 is 1.23 bits per heavy atom. The number of hydrogen-bond donors (Lipinski definition) is 0. The van der Waals surface area contributed by atoms with Gasteiger partial charge in [-0.05, 0) is 51.4 Å². The quantitative estimate of drug-likeness (QED) is 0.531. The van der Waals surface area contributed by atoms with Gasteiger partial charge in [0, 0.05) is 13.0 Å². The van der Waals surface area contributed by atoms with Gasteiger partial charge in [0.25, 0.3) is 0 Å². The van der Waals surface area contributed by atoms with Gasteiger partial charge in [0.2, 0.25) is 0 Å². The van der Waals surface area contributed by atoms with Crippen LogP contribution in [0.25, 0.3) is 0 Å². The number of hydrogen-bond acceptors (Lipinski definition) is 3. The van der Waals surface area contributed by atoms with Crippen molar-refractivity contribution in [1.82, 2.24) is 4.90 Å². The molecule has 3 heteroatoms. The van der Waals surface area contributed by atoms with E-state index < -0.39 is 0 Å². The number of carbonyl (C=O) groups excluding carboxylic acids is 1. The number of benzene rings is 1. The van der Waals surface area contributed by atoms with E-state index >= 15 is 0 Å². The summed E-state index contributed by atoms with van der Waals surface area (Å²) in [5, 5.41) is 0. The minimum absolute atomic E-state index is 0.209. The molecule has 0 aromatic heterocycles. The lowest BCUT2D eigenvalue weighted by Gasteiger charge is -2.26. The first-order valence-corrected chi connectivity index (χ1v) is 8.69. The maximum absolute atomic E-state index is 12.6. The Balaban J connectivity index is 1.95. The van der Waals surface area contributed by atoms with Crippen LogP contribution in [-0.2, 0) is 0 Å². The number of ether oxygens (including phenoxy) is 1. The van der Waals surface area contributed by atoms with Crippen LogP contribution in [0.1, 0.15) is 61.4 Å². The minimum Gasteiger partial charge on any atom is -0.493 e. The van der Waals surface area contributed by atoms with Crippen LogP contribution in [0.15, 0.2) is 18.2 Å². The average Bonchev–Trinajstić information content (AvgIpc) is 2.55. The monoisotopic (exact) mass is 303 g/mol. The van der Waals surface area contributed by atoms with Gasteiger partial charge < -0.3 is 9.64 Å². The molecule has 1 heterocycles. The SMILES string of the molecule is CCCCOc1ccc(C)cc1C(=O)CCN1CCCCC1. The van der Waals surface area contributed by atoms with E-state index in [0.717, 1.165) is 49.4 Å². The topological polar surface area (TPSA) is 29.5 Å². The maximum Gasteiger partial charge on any atom is 0.167 e. The number of rotatable bonds is 8. The van der Waals surface area contributed by atoms with E-state index in [4.69, 9.17) is 4.74 Å². The third kappa shape index (κ3) is 5.13. The number of aryl methyl sites for hydroxylation is 1. The van der Waals surface area contributed by atoms with Crippen LogP contribution in [0, 0.1) is 6.92 Å². The summed E-state index contributed by atoms with van der Waals surface area (Å²) in [6.07, 6.45) is 6.58. The van der Waals surface area contributed by atoms with Crippen molar-refractivity contribution in [1.29, 1.82) is 0 Å². The molecule has 1 aliphatic heterocycles. The predicted octanol–water partition coefficient (Wildman–Crippen LogP) is 4.23. The van der Waals surface area contributed by atoms with E-state index in [1.807, 2.05) is 25.1 Å². The minimum atomic E-state index is 0.209. The lowest BCUT2D eigenvalue weighted by Crippen LogP contribution is -2.31. The molecule has 1 saturated heterocycles.